The zero-order valence-corrected chi connectivity index (χ0v) is 13.2. The number of nitrogens with one attached hydrogen (secondary N) is 3. The number of amides is 3. The molecule has 120 valence electrons. The molecule has 0 saturated heterocycles. The highest BCUT2D eigenvalue weighted by Gasteiger charge is 2.20. The van der Waals surface area contributed by atoms with Crippen molar-refractivity contribution in [1.82, 2.24) is 16.0 Å². The predicted octanol–water partition coefficient (Wildman–Crippen LogP) is 0.895. The van der Waals surface area contributed by atoms with Gasteiger partial charge in [0.2, 0.25) is 17.7 Å². The molecule has 0 heterocycles. The summed E-state index contributed by atoms with van der Waals surface area (Å²) in [4.78, 5) is 35.0. The van der Waals surface area contributed by atoms with Crippen molar-refractivity contribution in [3.05, 3.63) is 35.9 Å². The second-order valence-electron chi connectivity index (χ2n) is 5.05. The number of rotatable bonds is 7. The lowest BCUT2D eigenvalue weighted by Gasteiger charge is -2.19. The van der Waals surface area contributed by atoms with Crippen molar-refractivity contribution < 1.29 is 14.4 Å². The Kier molecular flexibility index (Phi) is 7.08. The van der Waals surface area contributed by atoms with Gasteiger partial charge in [-0.25, -0.2) is 0 Å². The maximum atomic E-state index is 12.1. The summed E-state index contributed by atoms with van der Waals surface area (Å²) < 4.78 is 0. The Bertz CT molecular complexity index is 517. The number of carbonyl (C=O) groups is 3. The smallest absolute Gasteiger partial charge is 0.242 e. The normalized spacial score (nSPS) is 12.9. The van der Waals surface area contributed by atoms with E-state index in [9.17, 15) is 14.4 Å². The molecule has 0 bridgehead atoms. The first-order chi connectivity index (χ1) is 10.4. The molecule has 0 aliphatic rings. The van der Waals surface area contributed by atoms with Gasteiger partial charge in [0, 0.05) is 13.5 Å². The molecule has 6 heteroatoms. The molecule has 0 aromatic heterocycles. The molecule has 3 amide bonds. The molecule has 0 aliphatic heterocycles. The molecular weight excluding hydrogens is 282 g/mol. The van der Waals surface area contributed by atoms with Crippen LogP contribution in [-0.4, -0.2) is 30.3 Å². The quantitative estimate of drug-likeness (QED) is 0.699. The van der Waals surface area contributed by atoms with Crippen molar-refractivity contribution >= 4 is 17.7 Å². The number of likely N-dealkylation sites (N-methyl/N-ethyl adjacent to an activating group) is 1. The first-order valence-corrected chi connectivity index (χ1v) is 7.33. The van der Waals surface area contributed by atoms with Crippen LogP contribution < -0.4 is 16.0 Å². The van der Waals surface area contributed by atoms with E-state index in [-0.39, 0.29) is 24.1 Å². The molecule has 1 aromatic rings. The summed E-state index contributed by atoms with van der Waals surface area (Å²) in [7, 11) is 0. The molecule has 0 radical (unpaired) electrons. The fourth-order valence-electron chi connectivity index (χ4n) is 2.06. The van der Waals surface area contributed by atoms with Gasteiger partial charge < -0.3 is 16.0 Å². The van der Waals surface area contributed by atoms with Crippen molar-refractivity contribution in [3.63, 3.8) is 0 Å². The fourth-order valence-corrected chi connectivity index (χ4v) is 2.06. The van der Waals surface area contributed by atoms with Crippen LogP contribution in [0.25, 0.3) is 0 Å². The molecule has 1 aromatic carbocycles. The zero-order chi connectivity index (χ0) is 16.5. The standard InChI is InChI=1S/C16H23N3O3/c1-4-17-16(22)11(2)18-15(21)10-14(19-12(3)20)13-8-6-5-7-9-13/h5-9,11,14H,4,10H2,1-3H3,(H,17,22)(H,18,21)(H,19,20)/t11-,14-/m0/s1. The third kappa shape index (κ3) is 5.95. The Labute approximate surface area is 130 Å². The summed E-state index contributed by atoms with van der Waals surface area (Å²) in [5.74, 6) is -0.730. The number of carbonyl (C=O) groups excluding carboxylic acids is 3. The van der Waals surface area contributed by atoms with Crippen LogP contribution in [0.3, 0.4) is 0 Å². The lowest BCUT2D eigenvalue weighted by molar-refractivity contribution is -0.129. The van der Waals surface area contributed by atoms with Crippen molar-refractivity contribution in [2.24, 2.45) is 0 Å². The van der Waals surface area contributed by atoms with Crippen molar-refractivity contribution in [3.8, 4) is 0 Å². The summed E-state index contributed by atoms with van der Waals surface area (Å²) in [6, 6.07) is 8.23. The molecule has 0 aliphatic carbocycles. The minimum absolute atomic E-state index is 0.0767. The van der Waals surface area contributed by atoms with Gasteiger partial charge in [-0.1, -0.05) is 30.3 Å². The molecule has 0 spiro atoms. The lowest BCUT2D eigenvalue weighted by atomic mass is 10.0. The van der Waals surface area contributed by atoms with Crippen LogP contribution in [-0.2, 0) is 14.4 Å². The van der Waals surface area contributed by atoms with Gasteiger partial charge in [0.05, 0.1) is 12.5 Å². The van der Waals surface area contributed by atoms with Gasteiger partial charge in [0.1, 0.15) is 6.04 Å². The summed E-state index contributed by atoms with van der Waals surface area (Å²) >= 11 is 0. The highest BCUT2D eigenvalue weighted by atomic mass is 16.2. The summed E-state index contributed by atoms with van der Waals surface area (Å²) in [6.45, 7) is 5.36. The Morgan fingerprint density at radius 2 is 1.73 bits per heavy atom. The second-order valence-corrected chi connectivity index (χ2v) is 5.05. The Morgan fingerprint density at radius 3 is 2.27 bits per heavy atom. The van der Waals surface area contributed by atoms with E-state index in [0.717, 1.165) is 5.56 Å². The van der Waals surface area contributed by atoms with Gasteiger partial charge in [-0.3, -0.25) is 14.4 Å². The Morgan fingerprint density at radius 1 is 1.09 bits per heavy atom. The van der Waals surface area contributed by atoms with E-state index in [1.54, 1.807) is 6.92 Å². The van der Waals surface area contributed by atoms with Gasteiger partial charge in [0.15, 0.2) is 0 Å². The number of hydrogen-bond donors (Lipinski definition) is 3. The first kappa shape index (κ1) is 17.7. The van der Waals surface area contributed by atoms with Crippen LogP contribution >= 0.6 is 0 Å². The molecule has 0 fully saturated rings. The maximum Gasteiger partial charge on any atom is 0.242 e. The van der Waals surface area contributed by atoms with Crippen LogP contribution in [0.15, 0.2) is 30.3 Å². The van der Waals surface area contributed by atoms with Gasteiger partial charge in [-0.05, 0) is 19.4 Å². The largest absolute Gasteiger partial charge is 0.355 e. The number of benzene rings is 1. The van der Waals surface area contributed by atoms with Gasteiger partial charge in [0.25, 0.3) is 0 Å². The van der Waals surface area contributed by atoms with Crippen LogP contribution in [0.2, 0.25) is 0 Å². The fraction of sp³-hybridized carbons (Fsp3) is 0.438. The van der Waals surface area contributed by atoms with Crippen LogP contribution in [0, 0.1) is 0 Å². The molecule has 1 rings (SSSR count). The van der Waals surface area contributed by atoms with Crippen LogP contribution in [0.4, 0.5) is 0 Å². The molecule has 6 nitrogen and oxygen atoms in total. The van der Waals surface area contributed by atoms with E-state index in [2.05, 4.69) is 16.0 Å². The second kappa shape index (κ2) is 8.81. The average molecular weight is 305 g/mol. The van der Waals surface area contributed by atoms with E-state index in [1.807, 2.05) is 37.3 Å². The topological polar surface area (TPSA) is 87.3 Å². The van der Waals surface area contributed by atoms with Crippen molar-refractivity contribution in [2.75, 3.05) is 6.54 Å². The van der Waals surface area contributed by atoms with E-state index < -0.39 is 12.1 Å². The van der Waals surface area contributed by atoms with Gasteiger partial charge >= 0.3 is 0 Å². The molecule has 3 N–H and O–H groups in total. The van der Waals surface area contributed by atoms with Crippen molar-refractivity contribution in [1.29, 1.82) is 0 Å². The Balaban J connectivity index is 2.67. The SMILES string of the molecule is CCNC(=O)[C@H](C)NC(=O)C[C@H](NC(C)=O)c1ccccc1. The third-order valence-corrected chi connectivity index (χ3v) is 3.09. The first-order valence-electron chi connectivity index (χ1n) is 7.33. The highest BCUT2D eigenvalue weighted by molar-refractivity contribution is 5.87. The molecule has 0 unspecified atom stereocenters. The number of hydrogen-bond acceptors (Lipinski definition) is 3. The third-order valence-electron chi connectivity index (χ3n) is 3.09. The van der Waals surface area contributed by atoms with E-state index >= 15 is 0 Å². The maximum absolute atomic E-state index is 12.1. The van der Waals surface area contributed by atoms with Gasteiger partial charge in [-0.15, -0.1) is 0 Å². The monoisotopic (exact) mass is 305 g/mol. The van der Waals surface area contributed by atoms with E-state index in [1.165, 1.54) is 6.92 Å². The molecular formula is C16H23N3O3. The zero-order valence-electron chi connectivity index (χ0n) is 13.2. The summed E-state index contributed by atoms with van der Waals surface area (Å²) in [5, 5.41) is 8.03. The predicted molar refractivity (Wildman–Crippen MR) is 83.9 cm³/mol. The van der Waals surface area contributed by atoms with Crippen LogP contribution in [0.1, 0.15) is 38.8 Å². The minimum Gasteiger partial charge on any atom is -0.355 e. The van der Waals surface area contributed by atoms with Crippen LogP contribution in [0.5, 0.6) is 0 Å². The summed E-state index contributed by atoms with van der Waals surface area (Å²) in [5.41, 5.74) is 0.846. The van der Waals surface area contributed by atoms with E-state index in [0.29, 0.717) is 6.54 Å². The average Bonchev–Trinajstić information content (AvgIpc) is 2.47. The molecule has 22 heavy (non-hydrogen) atoms. The summed E-state index contributed by atoms with van der Waals surface area (Å²) in [6.07, 6.45) is 0.0767. The highest BCUT2D eigenvalue weighted by Crippen LogP contribution is 2.16. The Hall–Kier alpha value is -2.37. The minimum atomic E-state index is -0.610. The van der Waals surface area contributed by atoms with E-state index in [4.69, 9.17) is 0 Å². The lowest BCUT2D eigenvalue weighted by Crippen LogP contribution is -2.45. The van der Waals surface area contributed by atoms with Gasteiger partial charge in [-0.2, -0.15) is 0 Å². The molecule has 2 atom stereocenters. The molecule has 0 saturated carbocycles. The van der Waals surface area contributed by atoms with Crippen molar-refractivity contribution in [2.45, 2.75) is 39.3 Å².